The van der Waals surface area contributed by atoms with Gasteiger partial charge in [0.05, 0.1) is 22.3 Å². The first-order chi connectivity index (χ1) is 9.84. The van der Waals surface area contributed by atoms with Gasteiger partial charge >= 0.3 is 12.0 Å². The van der Waals surface area contributed by atoms with Crippen LogP contribution in [-0.2, 0) is 9.53 Å². The molecular weight excluding hydrogens is 326 g/mol. The Kier molecular flexibility index (Phi) is 4.55. The number of carbonyl (C=O) groups excluding carboxylic acids is 1. The summed E-state index contributed by atoms with van der Waals surface area (Å²) in [5.74, 6) is -1.85. The molecule has 0 bridgehead atoms. The summed E-state index contributed by atoms with van der Waals surface area (Å²) in [5.41, 5.74) is -1.50. The number of ether oxygens (including phenoxy) is 1. The standard InChI is InChI=1S/C12H11Cl2FN2O4/c13-7-3-6(15)4-8(14)9(7)16-11(20)17-12(10(18)19)1-2-21-5-12/h3-4H,1-2,5H2,(H,18,19)(H2,16,17,20). The number of urea groups is 1. The molecule has 3 N–H and O–H groups in total. The van der Waals surface area contributed by atoms with Gasteiger partial charge in [0, 0.05) is 13.0 Å². The van der Waals surface area contributed by atoms with Crippen molar-refractivity contribution in [3.63, 3.8) is 0 Å². The van der Waals surface area contributed by atoms with E-state index in [1.807, 2.05) is 0 Å². The highest BCUT2D eigenvalue weighted by atomic mass is 35.5. The predicted molar refractivity (Wildman–Crippen MR) is 74.4 cm³/mol. The highest BCUT2D eigenvalue weighted by Crippen LogP contribution is 2.31. The number of benzene rings is 1. The van der Waals surface area contributed by atoms with Crippen LogP contribution in [0.25, 0.3) is 0 Å². The minimum absolute atomic E-state index is 0.00307. The van der Waals surface area contributed by atoms with Crippen LogP contribution in [-0.4, -0.2) is 35.9 Å². The van der Waals surface area contributed by atoms with Crippen molar-refractivity contribution in [3.8, 4) is 0 Å². The molecule has 1 aromatic carbocycles. The average Bonchev–Trinajstić information content (AvgIpc) is 2.83. The normalized spacial score (nSPS) is 21.1. The van der Waals surface area contributed by atoms with Gasteiger partial charge in [-0.1, -0.05) is 23.2 Å². The van der Waals surface area contributed by atoms with Crippen molar-refractivity contribution >= 4 is 40.9 Å². The summed E-state index contributed by atoms with van der Waals surface area (Å²) in [6.45, 7) is 0.0886. The first-order valence-electron chi connectivity index (χ1n) is 5.89. The van der Waals surface area contributed by atoms with Gasteiger partial charge in [-0.2, -0.15) is 0 Å². The molecule has 0 aliphatic carbocycles. The van der Waals surface area contributed by atoms with Crippen molar-refractivity contribution in [2.24, 2.45) is 0 Å². The number of halogens is 3. The number of hydrogen-bond donors (Lipinski definition) is 3. The Labute approximate surface area is 129 Å². The Hall–Kier alpha value is -1.57. The van der Waals surface area contributed by atoms with Crippen molar-refractivity contribution in [1.29, 1.82) is 0 Å². The molecule has 0 radical (unpaired) electrons. The molecule has 21 heavy (non-hydrogen) atoms. The number of carbonyl (C=O) groups is 2. The zero-order chi connectivity index (χ0) is 15.6. The lowest BCUT2D eigenvalue weighted by molar-refractivity contribution is -0.144. The van der Waals surface area contributed by atoms with Gasteiger partial charge in [0.1, 0.15) is 5.82 Å². The summed E-state index contributed by atoms with van der Waals surface area (Å²) in [5, 5.41) is 13.6. The lowest BCUT2D eigenvalue weighted by Gasteiger charge is -2.24. The van der Waals surface area contributed by atoms with Crippen LogP contribution in [0.3, 0.4) is 0 Å². The summed E-state index contributed by atoms with van der Waals surface area (Å²) in [4.78, 5) is 23.2. The topological polar surface area (TPSA) is 87.7 Å². The predicted octanol–water partition coefficient (Wildman–Crippen LogP) is 2.50. The molecule has 1 fully saturated rings. The minimum atomic E-state index is -1.50. The summed E-state index contributed by atoms with van der Waals surface area (Å²) >= 11 is 11.6. The molecule has 114 valence electrons. The molecule has 1 aliphatic rings. The maximum atomic E-state index is 13.0. The van der Waals surface area contributed by atoms with E-state index in [0.29, 0.717) is 0 Å². The third-order valence-corrected chi connectivity index (χ3v) is 3.63. The van der Waals surface area contributed by atoms with Gasteiger partial charge in [-0.3, -0.25) is 0 Å². The molecule has 1 unspecified atom stereocenters. The Balaban J connectivity index is 2.14. The van der Waals surface area contributed by atoms with E-state index in [1.54, 1.807) is 0 Å². The number of amides is 2. The largest absolute Gasteiger partial charge is 0.479 e. The third kappa shape index (κ3) is 3.37. The van der Waals surface area contributed by atoms with E-state index in [-0.39, 0.29) is 35.4 Å². The van der Waals surface area contributed by atoms with Crippen molar-refractivity contribution in [3.05, 3.63) is 28.0 Å². The van der Waals surface area contributed by atoms with Crippen molar-refractivity contribution in [2.75, 3.05) is 18.5 Å². The molecule has 2 amide bonds. The summed E-state index contributed by atoms with van der Waals surface area (Å²) < 4.78 is 18.1. The molecule has 1 saturated heterocycles. The zero-order valence-electron chi connectivity index (χ0n) is 10.6. The van der Waals surface area contributed by atoms with E-state index in [9.17, 15) is 19.1 Å². The number of rotatable bonds is 3. The molecule has 1 heterocycles. The average molecular weight is 337 g/mol. The Morgan fingerprint density at radius 2 is 1.95 bits per heavy atom. The molecule has 0 saturated carbocycles. The van der Waals surface area contributed by atoms with E-state index < -0.39 is 23.4 Å². The summed E-state index contributed by atoms with van der Waals surface area (Å²) in [7, 11) is 0. The third-order valence-electron chi connectivity index (χ3n) is 3.03. The van der Waals surface area contributed by atoms with Crippen LogP contribution < -0.4 is 10.6 Å². The SMILES string of the molecule is O=C(Nc1c(Cl)cc(F)cc1Cl)NC1(C(=O)O)CCOC1. The number of nitrogens with one attached hydrogen (secondary N) is 2. The maximum Gasteiger partial charge on any atom is 0.332 e. The quantitative estimate of drug-likeness (QED) is 0.791. The fraction of sp³-hybridized carbons (Fsp3) is 0.333. The van der Waals surface area contributed by atoms with Crippen LogP contribution in [0, 0.1) is 5.82 Å². The fourth-order valence-corrected chi connectivity index (χ4v) is 2.46. The number of hydrogen-bond acceptors (Lipinski definition) is 3. The maximum absolute atomic E-state index is 13.0. The molecule has 2 rings (SSSR count). The highest BCUT2D eigenvalue weighted by Gasteiger charge is 2.44. The molecule has 1 aromatic rings. The van der Waals surface area contributed by atoms with Gasteiger partial charge in [-0.25, -0.2) is 14.0 Å². The minimum Gasteiger partial charge on any atom is -0.479 e. The lowest BCUT2D eigenvalue weighted by Crippen LogP contribution is -2.56. The molecule has 1 aliphatic heterocycles. The van der Waals surface area contributed by atoms with E-state index >= 15 is 0 Å². The van der Waals surface area contributed by atoms with Crippen LogP contribution in [0.15, 0.2) is 12.1 Å². The monoisotopic (exact) mass is 336 g/mol. The molecule has 6 nitrogen and oxygen atoms in total. The molecular formula is C12H11Cl2FN2O4. The zero-order valence-corrected chi connectivity index (χ0v) is 12.1. The van der Waals surface area contributed by atoms with Crippen LogP contribution in [0.4, 0.5) is 14.9 Å². The van der Waals surface area contributed by atoms with Gasteiger partial charge in [0.15, 0.2) is 5.54 Å². The van der Waals surface area contributed by atoms with E-state index in [1.165, 1.54) is 0 Å². The lowest BCUT2D eigenvalue weighted by atomic mass is 9.99. The number of anilines is 1. The van der Waals surface area contributed by atoms with Crippen molar-refractivity contribution in [1.82, 2.24) is 5.32 Å². The number of carboxylic acid groups (broad SMARTS) is 1. The molecule has 0 aromatic heterocycles. The molecule has 1 atom stereocenters. The van der Waals surface area contributed by atoms with Crippen molar-refractivity contribution < 1.29 is 23.8 Å². The number of aliphatic carboxylic acids is 1. The number of carboxylic acids is 1. The van der Waals surface area contributed by atoms with Gasteiger partial charge in [0.25, 0.3) is 0 Å². The van der Waals surface area contributed by atoms with Crippen LogP contribution in [0.1, 0.15) is 6.42 Å². The molecule has 9 heteroatoms. The fourth-order valence-electron chi connectivity index (χ4n) is 1.91. The summed E-state index contributed by atoms with van der Waals surface area (Å²) in [6, 6.07) is 1.14. The second-order valence-electron chi connectivity index (χ2n) is 4.51. The summed E-state index contributed by atoms with van der Waals surface area (Å²) in [6.07, 6.45) is 0.140. The van der Waals surface area contributed by atoms with E-state index in [2.05, 4.69) is 10.6 Å². The van der Waals surface area contributed by atoms with Crippen molar-refractivity contribution in [2.45, 2.75) is 12.0 Å². The second-order valence-corrected chi connectivity index (χ2v) is 5.33. The Morgan fingerprint density at radius 1 is 1.33 bits per heavy atom. The van der Waals surface area contributed by atoms with Gasteiger partial charge in [-0.15, -0.1) is 0 Å². The van der Waals surface area contributed by atoms with E-state index in [0.717, 1.165) is 12.1 Å². The molecule has 0 spiro atoms. The Bertz CT molecular complexity index is 568. The van der Waals surface area contributed by atoms with Crippen LogP contribution in [0.2, 0.25) is 10.0 Å². The van der Waals surface area contributed by atoms with Crippen LogP contribution >= 0.6 is 23.2 Å². The Morgan fingerprint density at radius 3 is 2.43 bits per heavy atom. The van der Waals surface area contributed by atoms with E-state index in [4.69, 9.17) is 27.9 Å². The van der Waals surface area contributed by atoms with Gasteiger partial charge in [0.2, 0.25) is 0 Å². The second kappa shape index (κ2) is 6.05. The van der Waals surface area contributed by atoms with Gasteiger partial charge in [-0.05, 0) is 12.1 Å². The van der Waals surface area contributed by atoms with Crippen LogP contribution in [0.5, 0.6) is 0 Å². The highest BCUT2D eigenvalue weighted by molar-refractivity contribution is 6.39. The smallest absolute Gasteiger partial charge is 0.332 e. The van der Waals surface area contributed by atoms with Gasteiger partial charge < -0.3 is 20.5 Å². The first-order valence-corrected chi connectivity index (χ1v) is 6.64. The first kappa shape index (κ1) is 15.8.